The number of methoxy groups -OCH3 is 1. The van der Waals surface area contributed by atoms with Crippen LogP contribution in [0.15, 0.2) is 34.9 Å². The van der Waals surface area contributed by atoms with Crippen molar-refractivity contribution in [3.05, 3.63) is 40.6 Å². The molecule has 0 aliphatic carbocycles. The van der Waals surface area contributed by atoms with Crippen molar-refractivity contribution in [2.24, 2.45) is 0 Å². The number of morpholine rings is 2. The summed E-state index contributed by atoms with van der Waals surface area (Å²) in [4.78, 5) is 30.0. The van der Waals surface area contributed by atoms with Crippen molar-refractivity contribution in [2.75, 3.05) is 64.6 Å². The number of ether oxygens (including phenoxy) is 3. The number of carbonyl (C=O) groups excluding carboxylic acids is 2. The molecule has 2 aromatic rings. The summed E-state index contributed by atoms with van der Waals surface area (Å²) >= 11 is 3.46. The van der Waals surface area contributed by atoms with Crippen LogP contribution in [-0.2, 0) is 14.2 Å². The number of anilines is 1. The number of aromatic nitrogens is 1. The molecule has 8 nitrogen and oxygen atoms in total. The Morgan fingerprint density at radius 3 is 2.17 bits per heavy atom. The molecule has 160 valence electrons. The number of hydrogen-bond donors (Lipinski definition) is 0. The molecular formula is C21H24BrN3O5. The van der Waals surface area contributed by atoms with Crippen molar-refractivity contribution in [2.45, 2.75) is 0 Å². The smallest absolute Gasteiger partial charge is 0.357 e. The van der Waals surface area contributed by atoms with E-state index in [1.54, 1.807) is 11.1 Å². The van der Waals surface area contributed by atoms with Crippen LogP contribution in [0.1, 0.15) is 10.5 Å². The van der Waals surface area contributed by atoms with E-state index in [1.165, 1.54) is 11.7 Å². The summed E-state index contributed by atoms with van der Waals surface area (Å²) < 4.78 is 18.3. The average Bonchev–Trinajstić information content (AvgIpc) is 3.20. The molecule has 0 spiro atoms. The van der Waals surface area contributed by atoms with Gasteiger partial charge >= 0.3 is 12.0 Å². The SMILES string of the molecule is COC(=O)c1c(N2CCOCC2)c(-c2ccc(Br)cc2)cn1C(=O)N1CCOCC1. The van der Waals surface area contributed by atoms with Crippen molar-refractivity contribution in [1.29, 1.82) is 0 Å². The summed E-state index contributed by atoms with van der Waals surface area (Å²) in [6.07, 6.45) is 1.75. The Hall–Kier alpha value is -2.36. The second-order valence-electron chi connectivity index (χ2n) is 7.09. The Balaban J connectivity index is 1.87. The van der Waals surface area contributed by atoms with Crippen molar-refractivity contribution in [1.82, 2.24) is 9.47 Å². The molecule has 2 aliphatic rings. The number of benzene rings is 1. The van der Waals surface area contributed by atoms with E-state index < -0.39 is 5.97 Å². The standard InChI is InChI=1S/C21H24BrN3O5/c1-28-20(26)19-18(23-6-10-29-11-7-23)17(15-2-4-16(22)5-3-15)14-25(19)21(27)24-8-12-30-13-9-24/h2-5,14H,6-13H2,1H3. The minimum Gasteiger partial charge on any atom is -0.464 e. The van der Waals surface area contributed by atoms with E-state index >= 15 is 0 Å². The highest BCUT2D eigenvalue weighted by atomic mass is 79.9. The molecule has 4 rings (SSSR count). The predicted molar refractivity (Wildman–Crippen MR) is 115 cm³/mol. The van der Waals surface area contributed by atoms with E-state index in [0.29, 0.717) is 58.3 Å². The van der Waals surface area contributed by atoms with E-state index in [2.05, 4.69) is 20.8 Å². The Bertz CT molecular complexity index is 915. The molecule has 1 aromatic heterocycles. The van der Waals surface area contributed by atoms with Crippen molar-refractivity contribution < 1.29 is 23.8 Å². The van der Waals surface area contributed by atoms with Crippen LogP contribution in [0.4, 0.5) is 10.5 Å². The first kappa shape index (κ1) is 20.9. The summed E-state index contributed by atoms with van der Waals surface area (Å²) in [5, 5.41) is 0. The maximum absolute atomic E-state index is 13.3. The van der Waals surface area contributed by atoms with Crippen LogP contribution >= 0.6 is 15.9 Å². The fourth-order valence-electron chi connectivity index (χ4n) is 3.79. The molecule has 30 heavy (non-hydrogen) atoms. The molecule has 0 atom stereocenters. The second kappa shape index (κ2) is 9.20. The van der Waals surface area contributed by atoms with Gasteiger partial charge < -0.3 is 24.0 Å². The third-order valence-corrected chi connectivity index (χ3v) is 5.86. The largest absolute Gasteiger partial charge is 0.464 e. The monoisotopic (exact) mass is 477 g/mol. The zero-order valence-corrected chi connectivity index (χ0v) is 18.4. The number of nitrogens with zero attached hydrogens (tertiary/aromatic N) is 3. The number of esters is 1. The maximum Gasteiger partial charge on any atom is 0.357 e. The van der Waals surface area contributed by atoms with Gasteiger partial charge in [0, 0.05) is 42.4 Å². The lowest BCUT2D eigenvalue weighted by molar-refractivity contribution is 0.0517. The van der Waals surface area contributed by atoms with Crippen LogP contribution in [0.3, 0.4) is 0 Å². The highest BCUT2D eigenvalue weighted by molar-refractivity contribution is 9.10. The molecule has 0 unspecified atom stereocenters. The number of hydrogen-bond acceptors (Lipinski definition) is 6. The lowest BCUT2D eigenvalue weighted by Crippen LogP contribution is -2.43. The second-order valence-corrected chi connectivity index (χ2v) is 8.01. The zero-order valence-electron chi connectivity index (χ0n) is 16.8. The van der Waals surface area contributed by atoms with Gasteiger partial charge in [0.15, 0.2) is 5.69 Å². The Labute approximate surface area is 183 Å². The van der Waals surface area contributed by atoms with Crippen LogP contribution in [0.2, 0.25) is 0 Å². The fourth-order valence-corrected chi connectivity index (χ4v) is 4.06. The number of rotatable bonds is 3. The van der Waals surface area contributed by atoms with Gasteiger partial charge in [-0.1, -0.05) is 28.1 Å². The molecule has 2 fully saturated rings. The Morgan fingerprint density at radius 2 is 1.57 bits per heavy atom. The molecule has 9 heteroatoms. The third-order valence-electron chi connectivity index (χ3n) is 5.33. The summed E-state index contributed by atoms with van der Waals surface area (Å²) in [5.41, 5.74) is 2.67. The lowest BCUT2D eigenvalue weighted by atomic mass is 10.1. The average molecular weight is 478 g/mol. The summed E-state index contributed by atoms with van der Waals surface area (Å²) in [6, 6.07) is 7.56. The lowest BCUT2D eigenvalue weighted by Gasteiger charge is -2.30. The van der Waals surface area contributed by atoms with Gasteiger partial charge in [-0.2, -0.15) is 0 Å². The first-order valence-electron chi connectivity index (χ1n) is 9.89. The van der Waals surface area contributed by atoms with Gasteiger partial charge in [-0.25, -0.2) is 9.59 Å². The normalized spacial score (nSPS) is 17.1. The molecule has 0 bridgehead atoms. The maximum atomic E-state index is 13.3. The van der Waals surface area contributed by atoms with E-state index in [4.69, 9.17) is 14.2 Å². The van der Waals surface area contributed by atoms with Gasteiger partial charge in [0.1, 0.15) is 0 Å². The van der Waals surface area contributed by atoms with Crippen molar-refractivity contribution in [3.63, 3.8) is 0 Å². The molecule has 2 saturated heterocycles. The van der Waals surface area contributed by atoms with Gasteiger partial charge in [0.05, 0.1) is 39.2 Å². The molecule has 3 heterocycles. The molecule has 1 aromatic carbocycles. The van der Waals surface area contributed by atoms with Crippen LogP contribution in [0.5, 0.6) is 0 Å². The minimum atomic E-state index is -0.540. The topological polar surface area (TPSA) is 73.2 Å². The quantitative estimate of drug-likeness (QED) is 0.632. The van der Waals surface area contributed by atoms with E-state index in [9.17, 15) is 9.59 Å². The van der Waals surface area contributed by atoms with Gasteiger partial charge in [0.2, 0.25) is 0 Å². The van der Waals surface area contributed by atoms with Crippen LogP contribution in [-0.4, -0.2) is 81.2 Å². The molecule has 1 amide bonds. The van der Waals surface area contributed by atoms with E-state index in [0.717, 1.165) is 15.6 Å². The van der Waals surface area contributed by atoms with E-state index in [1.807, 2.05) is 24.3 Å². The number of carbonyl (C=O) groups is 2. The van der Waals surface area contributed by atoms with Crippen LogP contribution in [0, 0.1) is 0 Å². The van der Waals surface area contributed by atoms with Crippen LogP contribution < -0.4 is 4.90 Å². The minimum absolute atomic E-state index is 0.244. The molecule has 0 saturated carbocycles. The van der Waals surface area contributed by atoms with Gasteiger partial charge in [-0.05, 0) is 17.7 Å². The zero-order chi connectivity index (χ0) is 21.1. The summed E-state index contributed by atoms with van der Waals surface area (Å²) in [5.74, 6) is -0.540. The molecular weight excluding hydrogens is 454 g/mol. The Kier molecular flexibility index (Phi) is 6.40. The van der Waals surface area contributed by atoms with Gasteiger partial charge in [-0.15, -0.1) is 0 Å². The van der Waals surface area contributed by atoms with E-state index in [-0.39, 0.29) is 11.7 Å². The molecule has 0 radical (unpaired) electrons. The van der Waals surface area contributed by atoms with Gasteiger partial charge in [0.25, 0.3) is 0 Å². The first-order valence-corrected chi connectivity index (χ1v) is 10.7. The van der Waals surface area contributed by atoms with Gasteiger partial charge in [-0.3, -0.25) is 4.57 Å². The number of halogens is 1. The van der Waals surface area contributed by atoms with Crippen molar-refractivity contribution in [3.8, 4) is 11.1 Å². The highest BCUT2D eigenvalue weighted by Crippen LogP contribution is 2.38. The highest BCUT2D eigenvalue weighted by Gasteiger charge is 2.32. The third kappa shape index (κ3) is 4.10. The summed E-state index contributed by atoms with van der Waals surface area (Å²) in [7, 11) is 1.33. The summed E-state index contributed by atoms with van der Waals surface area (Å²) in [6.45, 7) is 4.31. The predicted octanol–water partition coefficient (Wildman–Crippen LogP) is 2.84. The first-order chi connectivity index (χ1) is 14.6. The molecule has 0 N–H and O–H groups in total. The fraction of sp³-hybridized carbons (Fsp3) is 0.429. The molecule has 2 aliphatic heterocycles. The van der Waals surface area contributed by atoms with Crippen LogP contribution in [0.25, 0.3) is 11.1 Å². The Morgan fingerprint density at radius 1 is 0.967 bits per heavy atom. The van der Waals surface area contributed by atoms with Crippen molar-refractivity contribution >= 4 is 33.6 Å². The number of amides is 1.